The van der Waals surface area contributed by atoms with Crippen LogP contribution in [0.3, 0.4) is 0 Å². The average molecular weight is 644 g/mol. The topological polar surface area (TPSA) is 87.0 Å². The molecule has 1 amide bonds. The Labute approximate surface area is 271 Å². The predicted octanol–water partition coefficient (Wildman–Crippen LogP) is 8.45. The van der Waals surface area contributed by atoms with Gasteiger partial charge in [-0.05, 0) is 109 Å². The molecule has 1 aromatic rings. The fraction of sp³-hybridized carbons (Fsp3) is 0.824. The van der Waals surface area contributed by atoms with Crippen LogP contribution in [0.15, 0.2) is 16.5 Å². The number of carbonyl (C=O) groups excluding carboxylic acids is 2. The molecular formula is C34H61NO6S2. The van der Waals surface area contributed by atoms with Crippen molar-refractivity contribution in [2.75, 3.05) is 31.3 Å². The summed E-state index contributed by atoms with van der Waals surface area (Å²) in [6.07, 6.45) is 0.869. The van der Waals surface area contributed by atoms with E-state index in [1.54, 1.807) is 35.7 Å². The minimum absolute atomic E-state index is 0.0752. The molecule has 0 aliphatic carbocycles. The summed E-state index contributed by atoms with van der Waals surface area (Å²) in [5, 5.41) is 2.97. The maximum absolute atomic E-state index is 13.8. The SMILES string of the molecule is CC(C)(COC(C)(C)C)NC(=O)c1ccc(C(=O)C(CSC(C)(C)CCOC(C)(C)C)CSC(C)(C)COC(C)(C)C)o1. The van der Waals surface area contributed by atoms with Crippen molar-refractivity contribution in [1.29, 1.82) is 0 Å². The highest BCUT2D eigenvalue weighted by atomic mass is 32.2. The van der Waals surface area contributed by atoms with E-state index >= 15 is 0 Å². The number of rotatable bonds is 17. The van der Waals surface area contributed by atoms with Crippen LogP contribution in [-0.4, -0.2) is 74.9 Å². The number of furan rings is 1. The number of ketones is 1. The van der Waals surface area contributed by atoms with Gasteiger partial charge in [-0.2, -0.15) is 23.5 Å². The second-order valence-electron chi connectivity index (χ2n) is 16.2. The quantitative estimate of drug-likeness (QED) is 0.169. The second-order valence-corrected chi connectivity index (χ2v) is 19.7. The van der Waals surface area contributed by atoms with Crippen LogP contribution in [0.2, 0.25) is 0 Å². The standard InChI is InChI=1S/C34H61NO6S2/c1-29(2,3)38-19-18-33(12,13)42-20-24(21-43-34(14,15)23-40-31(7,8)9)27(36)25-16-17-26(41-25)28(37)35-32(10,11)22-39-30(4,5)6/h16-17,24H,18-23H2,1-15H3,(H,35,37). The first-order valence-electron chi connectivity index (χ1n) is 15.4. The van der Waals surface area contributed by atoms with Crippen LogP contribution < -0.4 is 5.32 Å². The Hall–Kier alpha value is -1.00. The maximum Gasteiger partial charge on any atom is 0.287 e. The van der Waals surface area contributed by atoms with E-state index in [9.17, 15) is 9.59 Å². The summed E-state index contributed by atoms with van der Waals surface area (Å²) in [5.41, 5.74) is -1.35. The Kier molecular flexibility index (Phi) is 14.5. The van der Waals surface area contributed by atoms with Crippen LogP contribution >= 0.6 is 23.5 Å². The van der Waals surface area contributed by atoms with Crippen LogP contribution in [0.4, 0.5) is 0 Å². The number of amides is 1. The second kappa shape index (κ2) is 15.5. The van der Waals surface area contributed by atoms with Gasteiger partial charge in [-0.15, -0.1) is 0 Å². The third kappa shape index (κ3) is 17.9. The molecule has 43 heavy (non-hydrogen) atoms. The minimum Gasteiger partial charge on any atom is -0.448 e. The maximum atomic E-state index is 13.8. The molecule has 7 nitrogen and oxygen atoms in total. The molecule has 0 saturated heterocycles. The Morgan fingerprint density at radius 2 is 1.16 bits per heavy atom. The lowest BCUT2D eigenvalue weighted by Crippen LogP contribution is -2.48. The third-order valence-electron chi connectivity index (χ3n) is 6.20. The average Bonchev–Trinajstić information content (AvgIpc) is 3.30. The van der Waals surface area contributed by atoms with Crippen LogP contribution in [0, 0.1) is 5.92 Å². The molecule has 0 fully saturated rings. The lowest BCUT2D eigenvalue weighted by atomic mass is 10.1. The molecule has 250 valence electrons. The Bertz CT molecular complexity index is 1020. The Morgan fingerprint density at radius 1 is 0.698 bits per heavy atom. The van der Waals surface area contributed by atoms with Gasteiger partial charge in [0, 0.05) is 33.5 Å². The summed E-state index contributed by atoms with van der Waals surface area (Å²) >= 11 is 3.51. The van der Waals surface area contributed by atoms with Crippen molar-refractivity contribution in [3.63, 3.8) is 0 Å². The highest BCUT2D eigenvalue weighted by Crippen LogP contribution is 2.35. The number of thioether (sulfide) groups is 2. The lowest BCUT2D eigenvalue weighted by Gasteiger charge is -2.31. The van der Waals surface area contributed by atoms with Crippen molar-refractivity contribution in [1.82, 2.24) is 5.32 Å². The lowest BCUT2D eigenvalue weighted by molar-refractivity contribution is -0.0290. The van der Waals surface area contributed by atoms with Gasteiger partial charge >= 0.3 is 0 Å². The number of carbonyl (C=O) groups is 2. The molecule has 1 aromatic heterocycles. The summed E-state index contributed by atoms with van der Waals surface area (Å²) in [5.74, 6) is 0.795. The number of ether oxygens (including phenoxy) is 3. The molecule has 9 heteroatoms. The number of Topliss-reactive ketones (excluding diaryl/α,β-unsaturated/α-hetero) is 1. The van der Waals surface area contributed by atoms with E-state index in [0.717, 1.165) is 6.42 Å². The molecule has 0 aromatic carbocycles. The molecule has 0 bridgehead atoms. The summed E-state index contributed by atoms with van der Waals surface area (Å²) in [6.45, 7) is 32.3. The smallest absolute Gasteiger partial charge is 0.287 e. The van der Waals surface area contributed by atoms with E-state index in [4.69, 9.17) is 18.6 Å². The summed E-state index contributed by atoms with van der Waals surface area (Å²) < 4.78 is 23.5. The molecule has 1 unspecified atom stereocenters. The van der Waals surface area contributed by atoms with E-state index in [0.29, 0.717) is 31.3 Å². The van der Waals surface area contributed by atoms with Crippen LogP contribution in [0.5, 0.6) is 0 Å². The third-order valence-corrected chi connectivity index (χ3v) is 9.23. The van der Waals surface area contributed by atoms with Crippen molar-refractivity contribution in [3.05, 3.63) is 23.7 Å². The van der Waals surface area contributed by atoms with Gasteiger partial charge in [-0.25, -0.2) is 0 Å². The van der Waals surface area contributed by atoms with E-state index in [-0.39, 0.29) is 55.4 Å². The van der Waals surface area contributed by atoms with Gasteiger partial charge in [-0.3, -0.25) is 9.59 Å². The van der Waals surface area contributed by atoms with Crippen molar-refractivity contribution in [2.45, 2.75) is 142 Å². The Morgan fingerprint density at radius 3 is 1.67 bits per heavy atom. The molecule has 1 rings (SSSR count). The highest BCUT2D eigenvalue weighted by Gasteiger charge is 2.32. The van der Waals surface area contributed by atoms with Gasteiger partial charge in [0.2, 0.25) is 5.78 Å². The van der Waals surface area contributed by atoms with Gasteiger partial charge in [0.1, 0.15) is 0 Å². The van der Waals surface area contributed by atoms with Crippen LogP contribution in [0.1, 0.15) is 131 Å². The zero-order chi connectivity index (χ0) is 33.5. The van der Waals surface area contributed by atoms with Gasteiger partial charge in [-0.1, -0.05) is 13.8 Å². The summed E-state index contributed by atoms with van der Waals surface area (Å²) in [6, 6.07) is 3.20. The fourth-order valence-electron chi connectivity index (χ4n) is 3.55. The number of hydrogen-bond acceptors (Lipinski definition) is 8. The van der Waals surface area contributed by atoms with Gasteiger partial charge in [0.25, 0.3) is 5.91 Å². The molecule has 1 heterocycles. The molecular weight excluding hydrogens is 583 g/mol. The van der Waals surface area contributed by atoms with E-state index in [1.807, 2.05) is 55.4 Å². The predicted molar refractivity (Wildman–Crippen MR) is 183 cm³/mol. The van der Waals surface area contributed by atoms with Crippen molar-refractivity contribution in [2.24, 2.45) is 5.92 Å². The minimum atomic E-state index is -0.611. The van der Waals surface area contributed by atoms with E-state index < -0.39 is 5.54 Å². The molecule has 0 aliphatic rings. The molecule has 0 saturated carbocycles. The molecule has 1 atom stereocenters. The van der Waals surface area contributed by atoms with Crippen molar-refractivity contribution >= 4 is 35.2 Å². The zero-order valence-corrected chi connectivity index (χ0v) is 31.4. The zero-order valence-electron chi connectivity index (χ0n) is 29.7. The van der Waals surface area contributed by atoms with E-state index in [1.165, 1.54) is 0 Å². The first kappa shape index (κ1) is 40.0. The molecule has 0 aliphatic heterocycles. The molecule has 0 spiro atoms. The highest BCUT2D eigenvalue weighted by molar-refractivity contribution is 8.01. The first-order valence-corrected chi connectivity index (χ1v) is 17.3. The van der Waals surface area contributed by atoms with Crippen LogP contribution in [0.25, 0.3) is 0 Å². The summed E-state index contributed by atoms with van der Waals surface area (Å²) in [7, 11) is 0. The largest absolute Gasteiger partial charge is 0.448 e. The number of hydrogen-bond donors (Lipinski definition) is 1. The van der Waals surface area contributed by atoms with Crippen molar-refractivity contribution < 1.29 is 28.2 Å². The van der Waals surface area contributed by atoms with Gasteiger partial charge in [0.05, 0.1) is 35.6 Å². The summed E-state index contributed by atoms with van der Waals surface area (Å²) in [4.78, 5) is 26.9. The molecule has 1 N–H and O–H groups in total. The monoisotopic (exact) mass is 643 g/mol. The van der Waals surface area contributed by atoms with E-state index in [2.05, 4.69) is 53.8 Å². The fourth-order valence-corrected chi connectivity index (χ4v) is 5.92. The normalized spacial score (nSPS) is 14.6. The molecule has 0 radical (unpaired) electrons. The Balaban J connectivity index is 3.04. The van der Waals surface area contributed by atoms with Crippen molar-refractivity contribution in [3.8, 4) is 0 Å². The first-order chi connectivity index (χ1) is 19.2. The van der Waals surface area contributed by atoms with Crippen LogP contribution in [-0.2, 0) is 14.2 Å². The number of nitrogens with one attached hydrogen (secondary N) is 1. The van der Waals surface area contributed by atoms with Gasteiger partial charge < -0.3 is 23.9 Å². The van der Waals surface area contributed by atoms with Gasteiger partial charge in [0.15, 0.2) is 11.5 Å².